The van der Waals surface area contributed by atoms with Crippen LogP contribution in [0, 0.1) is 0 Å². The van der Waals surface area contributed by atoms with Crippen molar-refractivity contribution in [2.75, 3.05) is 5.75 Å². The number of rotatable bonds is 7. The Kier molecular flexibility index (Phi) is 6.86. The van der Waals surface area contributed by atoms with Crippen LogP contribution < -0.4 is 0 Å². The average molecular weight is 206 g/mol. The molecule has 0 amide bonds. The SMILES string of the molecule is CC(C)S(=O)CCCCCC(=O)O. The van der Waals surface area contributed by atoms with E-state index in [9.17, 15) is 9.00 Å². The fourth-order valence-electron chi connectivity index (χ4n) is 0.933. The van der Waals surface area contributed by atoms with Gasteiger partial charge in [-0.05, 0) is 12.8 Å². The molecule has 0 aromatic heterocycles. The third-order valence-corrected chi connectivity index (χ3v) is 3.50. The monoisotopic (exact) mass is 206 g/mol. The molecule has 0 aliphatic heterocycles. The van der Waals surface area contributed by atoms with Crippen LogP contribution in [0.1, 0.15) is 39.5 Å². The highest BCUT2D eigenvalue weighted by Crippen LogP contribution is 2.03. The molecule has 4 heteroatoms. The number of unbranched alkanes of at least 4 members (excludes halogenated alkanes) is 2. The van der Waals surface area contributed by atoms with E-state index < -0.39 is 16.8 Å². The molecule has 13 heavy (non-hydrogen) atoms. The highest BCUT2D eigenvalue weighted by molar-refractivity contribution is 7.85. The second kappa shape index (κ2) is 7.06. The molecule has 3 nitrogen and oxygen atoms in total. The van der Waals surface area contributed by atoms with Crippen molar-refractivity contribution in [2.45, 2.75) is 44.8 Å². The van der Waals surface area contributed by atoms with Crippen LogP contribution in [0.3, 0.4) is 0 Å². The van der Waals surface area contributed by atoms with Crippen molar-refractivity contribution in [2.24, 2.45) is 0 Å². The molecule has 0 fully saturated rings. The van der Waals surface area contributed by atoms with Gasteiger partial charge in [0.25, 0.3) is 0 Å². The summed E-state index contributed by atoms with van der Waals surface area (Å²) in [5, 5.41) is 8.57. The van der Waals surface area contributed by atoms with Gasteiger partial charge in [0.2, 0.25) is 0 Å². The predicted molar refractivity (Wildman–Crippen MR) is 54.2 cm³/mol. The second-order valence-corrected chi connectivity index (χ2v) is 5.45. The molecule has 0 bridgehead atoms. The van der Waals surface area contributed by atoms with E-state index in [-0.39, 0.29) is 11.7 Å². The third-order valence-electron chi connectivity index (χ3n) is 1.76. The summed E-state index contributed by atoms with van der Waals surface area (Å²) < 4.78 is 11.2. The van der Waals surface area contributed by atoms with Crippen molar-refractivity contribution >= 4 is 16.8 Å². The lowest BCUT2D eigenvalue weighted by Crippen LogP contribution is -2.09. The van der Waals surface area contributed by atoms with Crippen molar-refractivity contribution in [1.29, 1.82) is 0 Å². The molecule has 1 N–H and O–H groups in total. The van der Waals surface area contributed by atoms with Gasteiger partial charge >= 0.3 is 5.97 Å². The van der Waals surface area contributed by atoms with Gasteiger partial charge in [-0.15, -0.1) is 0 Å². The Labute approximate surface area is 82.0 Å². The minimum absolute atomic E-state index is 0.222. The summed E-state index contributed by atoms with van der Waals surface area (Å²) in [6.07, 6.45) is 2.67. The number of hydrogen-bond acceptors (Lipinski definition) is 2. The summed E-state index contributed by atoms with van der Waals surface area (Å²) in [4.78, 5) is 10.1. The molecule has 0 rings (SSSR count). The van der Waals surface area contributed by atoms with Crippen LogP contribution in [0.2, 0.25) is 0 Å². The Bertz CT molecular complexity index is 178. The molecule has 1 unspecified atom stereocenters. The molecule has 0 saturated heterocycles. The van der Waals surface area contributed by atoms with Gasteiger partial charge in [0.1, 0.15) is 0 Å². The fraction of sp³-hybridized carbons (Fsp3) is 0.889. The Morgan fingerprint density at radius 1 is 1.31 bits per heavy atom. The van der Waals surface area contributed by atoms with Crippen LogP contribution in [-0.4, -0.2) is 26.3 Å². The number of aliphatic carboxylic acids is 1. The zero-order valence-corrected chi connectivity index (χ0v) is 9.10. The molecular weight excluding hydrogens is 188 g/mol. The minimum Gasteiger partial charge on any atom is -0.481 e. The van der Waals surface area contributed by atoms with Crippen molar-refractivity contribution in [1.82, 2.24) is 0 Å². The first-order valence-corrected chi connectivity index (χ1v) is 6.01. The molecule has 78 valence electrons. The fourth-order valence-corrected chi connectivity index (χ4v) is 1.89. The number of carbonyl (C=O) groups is 1. The van der Waals surface area contributed by atoms with Crippen LogP contribution in [0.15, 0.2) is 0 Å². The molecule has 0 heterocycles. The summed E-state index contributed by atoms with van der Waals surface area (Å²) >= 11 is 0. The maximum atomic E-state index is 11.2. The van der Waals surface area contributed by atoms with E-state index in [4.69, 9.17) is 5.11 Å². The number of carboxylic acid groups (broad SMARTS) is 1. The Morgan fingerprint density at radius 2 is 1.92 bits per heavy atom. The lowest BCUT2D eigenvalue weighted by molar-refractivity contribution is -0.137. The van der Waals surface area contributed by atoms with E-state index >= 15 is 0 Å². The predicted octanol–water partition coefficient (Wildman–Crippen LogP) is 1.79. The topological polar surface area (TPSA) is 54.4 Å². The molecule has 0 aliphatic carbocycles. The van der Waals surface area contributed by atoms with Crippen LogP contribution >= 0.6 is 0 Å². The van der Waals surface area contributed by atoms with Gasteiger partial charge in [0.05, 0.1) is 0 Å². The summed E-state index contributed by atoms with van der Waals surface area (Å²) in [5.74, 6) is -0.0397. The number of hydrogen-bond donors (Lipinski definition) is 1. The first-order valence-electron chi connectivity index (χ1n) is 4.63. The normalized spacial score (nSPS) is 13.2. The molecule has 0 spiro atoms. The first-order chi connectivity index (χ1) is 6.04. The molecule has 0 saturated carbocycles. The molecule has 1 atom stereocenters. The lowest BCUT2D eigenvalue weighted by Gasteiger charge is -2.04. The van der Waals surface area contributed by atoms with Crippen molar-refractivity contribution < 1.29 is 14.1 Å². The van der Waals surface area contributed by atoms with Gasteiger partial charge in [-0.1, -0.05) is 20.3 Å². The summed E-state index contributed by atoms with van der Waals surface area (Å²) in [6.45, 7) is 3.88. The summed E-state index contributed by atoms with van der Waals surface area (Å²) in [6, 6.07) is 0. The Hall–Kier alpha value is -0.380. The second-order valence-electron chi connectivity index (χ2n) is 3.34. The van der Waals surface area contributed by atoms with Crippen LogP contribution in [-0.2, 0) is 15.6 Å². The summed E-state index contributed by atoms with van der Waals surface area (Å²) in [5.41, 5.74) is 0. The first kappa shape index (κ1) is 12.6. The zero-order chi connectivity index (χ0) is 10.3. The smallest absolute Gasteiger partial charge is 0.303 e. The highest BCUT2D eigenvalue weighted by Gasteiger charge is 2.04. The van der Waals surface area contributed by atoms with Crippen molar-refractivity contribution in [3.05, 3.63) is 0 Å². The van der Waals surface area contributed by atoms with Crippen molar-refractivity contribution in [3.8, 4) is 0 Å². The quantitative estimate of drug-likeness (QED) is 0.646. The van der Waals surface area contributed by atoms with Gasteiger partial charge in [-0.2, -0.15) is 0 Å². The van der Waals surface area contributed by atoms with Gasteiger partial charge in [0.15, 0.2) is 0 Å². The van der Waals surface area contributed by atoms with Gasteiger partial charge in [0, 0.05) is 28.2 Å². The van der Waals surface area contributed by atoms with Crippen LogP contribution in [0.25, 0.3) is 0 Å². The lowest BCUT2D eigenvalue weighted by atomic mass is 10.2. The molecule has 0 aromatic carbocycles. The molecule has 0 radical (unpaired) electrons. The van der Waals surface area contributed by atoms with E-state index in [1.807, 2.05) is 13.8 Å². The average Bonchev–Trinajstić information content (AvgIpc) is 2.02. The van der Waals surface area contributed by atoms with Crippen LogP contribution in [0.5, 0.6) is 0 Å². The van der Waals surface area contributed by atoms with Crippen molar-refractivity contribution in [3.63, 3.8) is 0 Å². The maximum Gasteiger partial charge on any atom is 0.303 e. The van der Waals surface area contributed by atoms with E-state index in [1.54, 1.807) is 0 Å². The maximum absolute atomic E-state index is 11.2. The molecule has 0 aromatic rings. The zero-order valence-electron chi connectivity index (χ0n) is 8.28. The molecular formula is C9H18O3S. The standard InChI is InChI=1S/C9H18O3S/c1-8(2)13(12)7-5-3-4-6-9(10)11/h8H,3-7H2,1-2H3,(H,10,11). The number of carboxylic acids is 1. The minimum atomic E-state index is -0.745. The third kappa shape index (κ3) is 7.96. The van der Waals surface area contributed by atoms with E-state index in [0.29, 0.717) is 12.2 Å². The Balaban J connectivity index is 3.26. The van der Waals surface area contributed by atoms with Gasteiger partial charge in [-0.3, -0.25) is 9.00 Å². The Morgan fingerprint density at radius 3 is 2.38 bits per heavy atom. The van der Waals surface area contributed by atoms with E-state index in [2.05, 4.69) is 0 Å². The molecule has 0 aliphatic rings. The largest absolute Gasteiger partial charge is 0.481 e. The van der Waals surface area contributed by atoms with Gasteiger partial charge < -0.3 is 5.11 Å². The summed E-state index contributed by atoms with van der Waals surface area (Å²) in [7, 11) is -0.733. The van der Waals surface area contributed by atoms with E-state index in [0.717, 1.165) is 12.8 Å². The van der Waals surface area contributed by atoms with Crippen LogP contribution in [0.4, 0.5) is 0 Å². The van der Waals surface area contributed by atoms with E-state index in [1.165, 1.54) is 0 Å². The van der Waals surface area contributed by atoms with Gasteiger partial charge in [-0.25, -0.2) is 0 Å². The highest BCUT2D eigenvalue weighted by atomic mass is 32.2.